The van der Waals surface area contributed by atoms with Crippen molar-refractivity contribution in [3.63, 3.8) is 0 Å². The lowest BCUT2D eigenvalue weighted by molar-refractivity contribution is -0.138. The number of aromatic nitrogens is 2. The van der Waals surface area contributed by atoms with E-state index < -0.39 is 29.6 Å². The summed E-state index contributed by atoms with van der Waals surface area (Å²) < 4.78 is 42.2. The highest BCUT2D eigenvalue weighted by Crippen LogP contribution is 2.39. The number of carbonyl (C=O) groups excluding carboxylic acids is 2. The molecule has 2 heterocycles. The van der Waals surface area contributed by atoms with Gasteiger partial charge in [0.25, 0.3) is 5.91 Å². The molecule has 2 amide bonds. The third-order valence-corrected chi connectivity index (χ3v) is 6.45. The van der Waals surface area contributed by atoms with Crippen LogP contribution in [-0.2, 0) is 24.1 Å². The normalized spacial score (nSPS) is 17.5. The largest absolute Gasteiger partial charge is 0.416 e. The van der Waals surface area contributed by atoms with Crippen molar-refractivity contribution in [2.24, 2.45) is 5.92 Å². The number of amides is 2. The molecule has 1 aliphatic heterocycles. The van der Waals surface area contributed by atoms with Gasteiger partial charge in [-0.2, -0.15) is 18.3 Å². The number of aliphatic hydroxyl groups is 1. The third kappa shape index (κ3) is 5.05. The number of aryl methyl sites for hydroxylation is 1. The van der Waals surface area contributed by atoms with Gasteiger partial charge in [-0.1, -0.05) is 31.7 Å². The van der Waals surface area contributed by atoms with E-state index in [2.05, 4.69) is 10.4 Å². The van der Waals surface area contributed by atoms with Crippen LogP contribution in [0.5, 0.6) is 0 Å². The smallest absolute Gasteiger partial charge is 0.396 e. The van der Waals surface area contributed by atoms with Gasteiger partial charge in [0.15, 0.2) is 5.82 Å². The van der Waals surface area contributed by atoms with Crippen molar-refractivity contribution in [1.29, 1.82) is 0 Å². The average molecular weight is 464 g/mol. The minimum absolute atomic E-state index is 0.00216. The van der Waals surface area contributed by atoms with Gasteiger partial charge in [-0.3, -0.25) is 14.3 Å². The average Bonchev–Trinajstić information content (AvgIpc) is 3.51. The maximum atomic E-state index is 13.5. The molecule has 1 fully saturated rings. The number of carbonyl (C=O) groups is 2. The number of fused-ring (bicyclic) bond motifs is 1. The van der Waals surface area contributed by atoms with Crippen LogP contribution in [-0.4, -0.2) is 44.3 Å². The summed E-state index contributed by atoms with van der Waals surface area (Å²) in [6.07, 6.45) is 1.96. The van der Waals surface area contributed by atoms with E-state index in [1.807, 2.05) is 0 Å². The molecule has 10 heteroatoms. The molecule has 1 saturated carbocycles. The molecule has 2 N–H and O–H groups in total. The summed E-state index contributed by atoms with van der Waals surface area (Å²) in [6.45, 7) is 0.250. The fourth-order valence-corrected chi connectivity index (χ4v) is 4.80. The quantitative estimate of drug-likeness (QED) is 0.622. The van der Waals surface area contributed by atoms with Crippen molar-refractivity contribution >= 4 is 17.6 Å². The third-order valence-electron chi connectivity index (χ3n) is 6.45. The minimum atomic E-state index is -4.58. The van der Waals surface area contributed by atoms with Crippen LogP contribution in [0, 0.1) is 5.92 Å². The Labute approximate surface area is 189 Å². The van der Waals surface area contributed by atoms with Gasteiger partial charge in [-0.25, -0.2) is 0 Å². The molecule has 0 radical (unpaired) electrons. The lowest BCUT2D eigenvalue weighted by Crippen LogP contribution is -2.45. The maximum absolute atomic E-state index is 13.5. The Kier molecular flexibility index (Phi) is 6.73. The van der Waals surface area contributed by atoms with Crippen molar-refractivity contribution in [3.05, 3.63) is 47.2 Å². The second-order valence-electron chi connectivity index (χ2n) is 8.69. The molecule has 1 aromatic carbocycles. The standard InChI is InChI=1S/C23H27F3N4O3/c24-23(25,26)18-8-3-7-16-17(18)14-30(22(16)33)19(13-15-5-1-2-6-15)21(32)27-20-9-11-29(28-20)10-4-12-31/h3,7-9,11,15,19,31H,1-2,4-6,10,12-14H2,(H,27,28,32)/t19-/m0/s1. The molecule has 4 rings (SSSR count). The van der Waals surface area contributed by atoms with Crippen molar-refractivity contribution in [2.75, 3.05) is 11.9 Å². The molecule has 0 saturated heterocycles. The molecule has 0 bridgehead atoms. The highest BCUT2D eigenvalue weighted by molar-refractivity contribution is 6.03. The zero-order chi connectivity index (χ0) is 23.6. The van der Waals surface area contributed by atoms with Gasteiger partial charge in [0.05, 0.1) is 5.56 Å². The minimum Gasteiger partial charge on any atom is -0.396 e. The van der Waals surface area contributed by atoms with Gasteiger partial charge in [-0.05, 0) is 36.5 Å². The van der Waals surface area contributed by atoms with E-state index in [1.165, 1.54) is 17.0 Å². The fraction of sp³-hybridized carbons (Fsp3) is 0.522. The summed E-state index contributed by atoms with van der Waals surface area (Å²) in [5, 5.41) is 15.9. The summed E-state index contributed by atoms with van der Waals surface area (Å²) in [4.78, 5) is 27.7. The zero-order valence-corrected chi connectivity index (χ0v) is 18.1. The molecule has 2 aromatic rings. The van der Waals surface area contributed by atoms with E-state index in [1.54, 1.807) is 16.9 Å². The van der Waals surface area contributed by atoms with Gasteiger partial charge in [0.2, 0.25) is 5.91 Å². The molecule has 0 spiro atoms. The SMILES string of the molecule is O=C(Nc1ccn(CCCO)n1)[C@H](CC1CCCC1)N1Cc2c(cccc2C(F)(F)F)C1=O. The topological polar surface area (TPSA) is 87.5 Å². The number of halogens is 3. The number of benzene rings is 1. The van der Waals surface area contributed by atoms with Crippen LogP contribution in [0.2, 0.25) is 0 Å². The summed E-state index contributed by atoms with van der Waals surface area (Å²) in [7, 11) is 0. The molecule has 1 aliphatic carbocycles. The fourth-order valence-electron chi connectivity index (χ4n) is 4.80. The van der Waals surface area contributed by atoms with Crippen LogP contribution in [0.4, 0.5) is 19.0 Å². The van der Waals surface area contributed by atoms with Crippen LogP contribution >= 0.6 is 0 Å². The Bertz CT molecular complexity index is 1010. The van der Waals surface area contributed by atoms with Crippen LogP contribution in [0.1, 0.15) is 60.0 Å². The molecule has 0 unspecified atom stereocenters. The Balaban J connectivity index is 1.57. The number of hydrogen-bond acceptors (Lipinski definition) is 4. The monoisotopic (exact) mass is 464 g/mol. The summed E-state index contributed by atoms with van der Waals surface area (Å²) in [5.41, 5.74) is -0.909. The molecule has 7 nitrogen and oxygen atoms in total. The van der Waals surface area contributed by atoms with Gasteiger partial charge in [0, 0.05) is 37.5 Å². The van der Waals surface area contributed by atoms with Gasteiger partial charge >= 0.3 is 6.18 Å². The zero-order valence-electron chi connectivity index (χ0n) is 18.1. The van der Waals surface area contributed by atoms with Crippen LogP contribution in [0.25, 0.3) is 0 Å². The van der Waals surface area contributed by atoms with Crippen LogP contribution < -0.4 is 5.32 Å². The first-order valence-electron chi connectivity index (χ1n) is 11.2. The van der Waals surface area contributed by atoms with Crippen LogP contribution in [0.3, 0.4) is 0 Å². The second kappa shape index (κ2) is 9.54. The molecule has 1 atom stereocenters. The van der Waals surface area contributed by atoms with Crippen molar-refractivity contribution < 1.29 is 27.9 Å². The molecular weight excluding hydrogens is 437 g/mol. The van der Waals surface area contributed by atoms with E-state index in [0.717, 1.165) is 31.7 Å². The molecule has 2 aliphatic rings. The van der Waals surface area contributed by atoms with Crippen molar-refractivity contribution in [2.45, 2.75) is 63.8 Å². The summed E-state index contributed by atoms with van der Waals surface area (Å²) in [5.74, 6) is -0.470. The van der Waals surface area contributed by atoms with E-state index >= 15 is 0 Å². The highest BCUT2D eigenvalue weighted by Gasteiger charge is 2.43. The van der Waals surface area contributed by atoms with E-state index in [-0.39, 0.29) is 30.2 Å². The van der Waals surface area contributed by atoms with Crippen LogP contribution in [0.15, 0.2) is 30.5 Å². The van der Waals surface area contributed by atoms with Gasteiger partial charge in [0.1, 0.15) is 6.04 Å². The first-order chi connectivity index (χ1) is 15.8. The number of nitrogens with one attached hydrogen (secondary N) is 1. The first kappa shape index (κ1) is 23.3. The molecule has 178 valence electrons. The number of anilines is 1. The number of nitrogens with zero attached hydrogens (tertiary/aromatic N) is 3. The predicted molar refractivity (Wildman–Crippen MR) is 114 cm³/mol. The Hall–Kier alpha value is -2.88. The number of alkyl halides is 3. The van der Waals surface area contributed by atoms with Gasteiger partial charge in [-0.15, -0.1) is 0 Å². The molecular formula is C23H27F3N4O3. The Morgan fingerprint density at radius 1 is 1.24 bits per heavy atom. The highest BCUT2D eigenvalue weighted by atomic mass is 19.4. The van der Waals surface area contributed by atoms with E-state index in [9.17, 15) is 22.8 Å². The van der Waals surface area contributed by atoms with Crippen molar-refractivity contribution in [1.82, 2.24) is 14.7 Å². The van der Waals surface area contributed by atoms with E-state index in [0.29, 0.717) is 25.2 Å². The number of aliphatic hydroxyl groups excluding tert-OH is 1. The molecule has 33 heavy (non-hydrogen) atoms. The van der Waals surface area contributed by atoms with Crippen molar-refractivity contribution in [3.8, 4) is 0 Å². The predicted octanol–water partition coefficient (Wildman–Crippen LogP) is 3.83. The number of rotatable bonds is 8. The summed E-state index contributed by atoms with van der Waals surface area (Å²) in [6, 6.07) is 4.32. The number of hydrogen-bond donors (Lipinski definition) is 2. The maximum Gasteiger partial charge on any atom is 0.416 e. The first-order valence-corrected chi connectivity index (χ1v) is 11.2. The van der Waals surface area contributed by atoms with E-state index in [4.69, 9.17) is 5.11 Å². The lowest BCUT2D eigenvalue weighted by atomic mass is 9.96. The summed E-state index contributed by atoms with van der Waals surface area (Å²) >= 11 is 0. The second-order valence-corrected chi connectivity index (χ2v) is 8.69. The lowest BCUT2D eigenvalue weighted by Gasteiger charge is -2.29. The van der Waals surface area contributed by atoms with Gasteiger partial charge < -0.3 is 15.3 Å². The molecule has 1 aromatic heterocycles. The Morgan fingerprint density at radius 2 is 2.00 bits per heavy atom. The Morgan fingerprint density at radius 3 is 2.70 bits per heavy atom.